The fourth-order valence-corrected chi connectivity index (χ4v) is 5.63. The molecular weight excluding hydrogens is 236 g/mol. The zero-order chi connectivity index (χ0) is 14.0. The van der Waals surface area contributed by atoms with Crippen LogP contribution in [0.15, 0.2) is 12.2 Å². The fourth-order valence-electron chi connectivity index (χ4n) is 5.63. The first-order valence-electron chi connectivity index (χ1n) is 7.51. The summed E-state index contributed by atoms with van der Waals surface area (Å²) in [5.74, 6) is 1.80. The van der Waals surface area contributed by atoms with Crippen molar-refractivity contribution in [3.63, 3.8) is 0 Å². The summed E-state index contributed by atoms with van der Waals surface area (Å²) in [7, 11) is 0. The Kier molecular flexibility index (Phi) is 2.62. The van der Waals surface area contributed by atoms with Gasteiger partial charge in [-0.1, -0.05) is 26.8 Å². The molecule has 4 aliphatic rings. The van der Waals surface area contributed by atoms with Crippen molar-refractivity contribution in [2.45, 2.75) is 52.9 Å². The van der Waals surface area contributed by atoms with Crippen molar-refractivity contribution in [1.82, 2.24) is 0 Å². The van der Waals surface area contributed by atoms with E-state index in [9.17, 15) is 9.59 Å². The molecular formula is C17H24O2. The number of Topliss-reactive ketones (excluding diaryl/α,β-unsaturated/α-hetero) is 2. The van der Waals surface area contributed by atoms with Crippen LogP contribution >= 0.6 is 0 Å². The summed E-state index contributed by atoms with van der Waals surface area (Å²) in [5.41, 5.74) is 1.19. The first kappa shape index (κ1) is 13.1. The Labute approximate surface area is 115 Å². The normalized spacial score (nSPS) is 43.4. The molecule has 0 unspecified atom stereocenters. The molecule has 2 nitrogen and oxygen atoms in total. The molecule has 4 bridgehead atoms. The summed E-state index contributed by atoms with van der Waals surface area (Å²) >= 11 is 0. The molecule has 0 radical (unpaired) electrons. The van der Waals surface area contributed by atoms with Crippen LogP contribution in [0.3, 0.4) is 0 Å². The molecule has 19 heavy (non-hydrogen) atoms. The molecule has 4 saturated carbocycles. The van der Waals surface area contributed by atoms with Crippen LogP contribution in [0.2, 0.25) is 0 Å². The second kappa shape index (κ2) is 3.80. The summed E-state index contributed by atoms with van der Waals surface area (Å²) in [5, 5.41) is 0. The quantitative estimate of drug-likeness (QED) is 0.711. The van der Waals surface area contributed by atoms with E-state index in [0.29, 0.717) is 24.7 Å². The molecule has 0 spiro atoms. The maximum Gasteiger partial charge on any atom is 0.158 e. The molecule has 2 heteroatoms. The number of hydrogen-bond donors (Lipinski definition) is 0. The number of fused-ring (bicyclic) bond motifs is 2. The van der Waals surface area contributed by atoms with Crippen molar-refractivity contribution in [3.8, 4) is 0 Å². The average Bonchev–Trinajstić information content (AvgIpc) is 2.45. The number of allylic oxidation sites excluding steroid dienone is 1. The number of rotatable bonds is 2. The van der Waals surface area contributed by atoms with Gasteiger partial charge in [-0.05, 0) is 53.9 Å². The van der Waals surface area contributed by atoms with E-state index >= 15 is 0 Å². The van der Waals surface area contributed by atoms with Gasteiger partial charge in [0.05, 0.1) is 0 Å². The van der Waals surface area contributed by atoms with Gasteiger partial charge in [0.25, 0.3) is 0 Å². The minimum Gasteiger partial charge on any atom is -0.300 e. The second-order valence-electron chi connectivity index (χ2n) is 7.72. The molecule has 104 valence electrons. The molecule has 4 atom stereocenters. The minimum atomic E-state index is 0.0786. The molecule has 4 rings (SSSR count). The van der Waals surface area contributed by atoms with E-state index in [2.05, 4.69) is 20.4 Å². The highest BCUT2D eigenvalue weighted by Crippen LogP contribution is 2.73. The zero-order valence-corrected chi connectivity index (χ0v) is 12.3. The molecule has 0 aromatic rings. The third-order valence-corrected chi connectivity index (χ3v) is 6.23. The van der Waals surface area contributed by atoms with Crippen molar-refractivity contribution in [1.29, 1.82) is 0 Å². The highest BCUT2D eigenvalue weighted by Gasteiger charge is 2.69. The maximum absolute atomic E-state index is 12.0. The highest BCUT2D eigenvalue weighted by molar-refractivity contribution is 5.98. The summed E-state index contributed by atoms with van der Waals surface area (Å²) in [6.07, 6.45) is 4.79. The van der Waals surface area contributed by atoms with Crippen LogP contribution in [-0.4, -0.2) is 11.6 Å². The molecule has 0 saturated heterocycles. The van der Waals surface area contributed by atoms with E-state index in [1.54, 1.807) is 6.92 Å². The maximum atomic E-state index is 12.0. The fraction of sp³-hybridized carbons (Fsp3) is 0.765. The highest BCUT2D eigenvalue weighted by atomic mass is 16.1. The standard InChI is InChI=1S/C17H24O2/c1-10(18)9-17-7-5-6-16(3,4)15-12(17)8-13(19)11(2)14(15)17/h12,14-15H,2,5-9H2,1,3-4H3/t12-,14+,15-,17-/m0/s1. The first-order valence-corrected chi connectivity index (χ1v) is 7.51. The van der Waals surface area contributed by atoms with E-state index in [1.165, 1.54) is 12.8 Å². The van der Waals surface area contributed by atoms with E-state index in [1.807, 2.05) is 0 Å². The molecule has 0 aromatic heterocycles. The molecule has 4 aliphatic carbocycles. The molecule has 0 aromatic carbocycles. The van der Waals surface area contributed by atoms with Gasteiger partial charge in [0.2, 0.25) is 0 Å². The van der Waals surface area contributed by atoms with Gasteiger partial charge in [0.15, 0.2) is 5.78 Å². The van der Waals surface area contributed by atoms with Gasteiger partial charge in [-0.25, -0.2) is 0 Å². The molecule has 4 fully saturated rings. The van der Waals surface area contributed by atoms with Crippen molar-refractivity contribution in [3.05, 3.63) is 12.2 Å². The predicted molar refractivity (Wildman–Crippen MR) is 74.6 cm³/mol. The molecule has 0 aliphatic heterocycles. The lowest BCUT2D eigenvalue weighted by molar-refractivity contribution is -0.178. The van der Waals surface area contributed by atoms with Crippen molar-refractivity contribution >= 4 is 11.6 Å². The Morgan fingerprint density at radius 2 is 2.05 bits per heavy atom. The van der Waals surface area contributed by atoms with Gasteiger partial charge in [-0.15, -0.1) is 0 Å². The van der Waals surface area contributed by atoms with Crippen LogP contribution in [0.5, 0.6) is 0 Å². The van der Waals surface area contributed by atoms with E-state index in [-0.39, 0.29) is 28.3 Å². The van der Waals surface area contributed by atoms with Gasteiger partial charge in [0, 0.05) is 12.8 Å². The van der Waals surface area contributed by atoms with Crippen LogP contribution in [0.1, 0.15) is 52.9 Å². The topological polar surface area (TPSA) is 34.1 Å². The lowest BCUT2D eigenvalue weighted by atomic mass is 9.35. The number of carbonyl (C=O) groups excluding carboxylic acids is 2. The van der Waals surface area contributed by atoms with Gasteiger partial charge >= 0.3 is 0 Å². The Bertz CT molecular complexity index is 474. The molecule has 0 amide bonds. The number of carbonyl (C=O) groups is 2. The van der Waals surface area contributed by atoms with Crippen LogP contribution in [-0.2, 0) is 9.59 Å². The summed E-state index contributed by atoms with van der Waals surface area (Å²) in [6.45, 7) is 10.5. The summed E-state index contributed by atoms with van der Waals surface area (Å²) in [6, 6.07) is 0. The Morgan fingerprint density at radius 1 is 1.37 bits per heavy atom. The van der Waals surface area contributed by atoms with Gasteiger partial charge < -0.3 is 4.79 Å². The second-order valence-corrected chi connectivity index (χ2v) is 7.72. The lowest BCUT2D eigenvalue weighted by Crippen LogP contribution is -2.65. The van der Waals surface area contributed by atoms with Crippen LogP contribution < -0.4 is 0 Å². The predicted octanol–water partition coefficient (Wildman–Crippen LogP) is 3.55. The lowest BCUT2D eigenvalue weighted by Gasteiger charge is -2.67. The number of hydrogen-bond acceptors (Lipinski definition) is 2. The minimum absolute atomic E-state index is 0.0786. The largest absolute Gasteiger partial charge is 0.300 e. The van der Waals surface area contributed by atoms with Crippen LogP contribution in [0.25, 0.3) is 0 Å². The van der Waals surface area contributed by atoms with Gasteiger partial charge in [-0.2, -0.15) is 0 Å². The van der Waals surface area contributed by atoms with E-state index in [4.69, 9.17) is 0 Å². The van der Waals surface area contributed by atoms with Crippen molar-refractivity contribution < 1.29 is 9.59 Å². The third kappa shape index (κ3) is 1.55. The SMILES string of the molecule is C=C1C(=O)C[C@H]2[C@H]3[C@@H]1[C@]2(CC(C)=O)CCCC3(C)C. The number of ketones is 2. The monoisotopic (exact) mass is 260 g/mol. The third-order valence-electron chi connectivity index (χ3n) is 6.23. The Morgan fingerprint density at radius 3 is 2.63 bits per heavy atom. The van der Waals surface area contributed by atoms with Gasteiger partial charge in [0.1, 0.15) is 5.78 Å². The average molecular weight is 260 g/mol. The Balaban J connectivity index is 2.05. The van der Waals surface area contributed by atoms with E-state index < -0.39 is 0 Å². The first-order chi connectivity index (χ1) is 8.79. The van der Waals surface area contributed by atoms with Crippen LogP contribution in [0.4, 0.5) is 0 Å². The molecule has 0 N–H and O–H groups in total. The van der Waals surface area contributed by atoms with Crippen LogP contribution in [0, 0.1) is 28.6 Å². The molecule has 0 heterocycles. The van der Waals surface area contributed by atoms with Gasteiger partial charge in [-0.3, -0.25) is 4.79 Å². The Hall–Kier alpha value is -0.920. The summed E-state index contributed by atoms with van der Waals surface area (Å²) < 4.78 is 0. The summed E-state index contributed by atoms with van der Waals surface area (Å²) in [4.78, 5) is 23.8. The van der Waals surface area contributed by atoms with Crippen molar-refractivity contribution in [2.24, 2.45) is 28.6 Å². The smallest absolute Gasteiger partial charge is 0.158 e. The van der Waals surface area contributed by atoms with E-state index in [0.717, 1.165) is 12.0 Å². The van der Waals surface area contributed by atoms with Crippen molar-refractivity contribution in [2.75, 3.05) is 0 Å². The zero-order valence-electron chi connectivity index (χ0n) is 12.3.